The molecule has 132 valence electrons. The van der Waals surface area contributed by atoms with Gasteiger partial charge >= 0.3 is 6.18 Å². The largest absolute Gasteiger partial charge is 0.433 e. The molecule has 0 radical (unpaired) electrons. The van der Waals surface area contributed by atoms with Crippen molar-refractivity contribution in [2.75, 3.05) is 27.4 Å². The summed E-state index contributed by atoms with van der Waals surface area (Å²) in [6.45, 7) is 0.928. The monoisotopic (exact) mass is 341 g/mol. The number of rotatable bonds is 8. The zero-order valence-corrected chi connectivity index (χ0v) is 13.9. The molecule has 0 spiro atoms. The highest BCUT2D eigenvalue weighted by molar-refractivity contribution is 5.83. The first-order valence-electron chi connectivity index (χ1n) is 7.94. The molecule has 0 bridgehead atoms. The summed E-state index contributed by atoms with van der Waals surface area (Å²) >= 11 is 0. The summed E-state index contributed by atoms with van der Waals surface area (Å²) < 4.78 is 50.7. The van der Waals surface area contributed by atoms with Crippen LogP contribution in [0.1, 0.15) is 29.7 Å². The van der Waals surface area contributed by atoms with Crippen LogP contribution in [0.5, 0.6) is 0 Å². The van der Waals surface area contributed by atoms with Gasteiger partial charge in [0.15, 0.2) is 0 Å². The molecule has 24 heavy (non-hydrogen) atoms. The number of aromatic nitrogens is 1. The lowest BCUT2D eigenvalue weighted by Gasteiger charge is -2.19. The second-order valence-corrected chi connectivity index (χ2v) is 5.63. The molecule has 0 N–H and O–H groups in total. The van der Waals surface area contributed by atoms with E-state index in [4.69, 9.17) is 9.47 Å². The third-order valence-corrected chi connectivity index (χ3v) is 3.93. The number of fused-ring (bicyclic) bond motifs is 1. The van der Waals surface area contributed by atoms with Crippen LogP contribution in [0, 0.1) is 0 Å². The number of ether oxygens (including phenoxy) is 2. The zero-order valence-electron chi connectivity index (χ0n) is 13.9. The number of hydrogen-bond donors (Lipinski definition) is 0. The molecule has 3 nitrogen and oxygen atoms in total. The number of pyridine rings is 1. The normalized spacial score (nSPS) is 12.0. The Hall–Kier alpha value is -1.66. The number of benzene rings is 1. The lowest BCUT2D eigenvalue weighted by Crippen LogP contribution is -2.16. The van der Waals surface area contributed by atoms with Crippen LogP contribution in [0.3, 0.4) is 0 Å². The van der Waals surface area contributed by atoms with Crippen LogP contribution in [-0.2, 0) is 28.5 Å². The molecule has 0 aliphatic heterocycles. The van der Waals surface area contributed by atoms with Gasteiger partial charge in [-0.25, -0.2) is 4.98 Å². The van der Waals surface area contributed by atoms with Crippen molar-refractivity contribution in [2.24, 2.45) is 0 Å². The van der Waals surface area contributed by atoms with Crippen molar-refractivity contribution in [3.05, 3.63) is 41.1 Å². The van der Waals surface area contributed by atoms with Gasteiger partial charge in [-0.15, -0.1) is 0 Å². The maximum atomic E-state index is 13.5. The SMILES string of the molecule is COCCCc1c(C(F)(F)F)nc2ccccc2c1CCCOC. The van der Waals surface area contributed by atoms with Crippen LogP contribution < -0.4 is 0 Å². The molecule has 1 aromatic carbocycles. The highest BCUT2D eigenvalue weighted by Crippen LogP contribution is 2.36. The molecule has 1 aromatic heterocycles. The van der Waals surface area contributed by atoms with Crippen LogP contribution in [0.15, 0.2) is 24.3 Å². The van der Waals surface area contributed by atoms with E-state index in [0.717, 1.165) is 10.9 Å². The van der Waals surface area contributed by atoms with Crippen LogP contribution in [0.4, 0.5) is 13.2 Å². The van der Waals surface area contributed by atoms with E-state index >= 15 is 0 Å². The summed E-state index contributed by atoms with van der Waals surface area (Å²) in [6, 6.07) is 7.00. The number of halogens is 3. The summed E-state index contributed by atoms with van der Waals surface area (Å²) in [7, 11) is 3.13. The molecule has 0 unspecified atom stereocenters. The fraction of sp³-hybridized carbons (Fsp3) is 0.500. The van der Waals surface area contributed by atoms with Crippen molar-refractivity contribution in [3.63, 3.8) is 0 Å². The highest BCUT2D eigenvalue weighted by Gasteiger charge is 2.36. The molecular formula is C18H22F3NO2. The smallest absolute Gasteiger partial charge is 0.385 e. The molecule has 0 atom stereocenters. The molecule has 0 saturated carbocycles. The Balaban J connectivity index is 2.56. The first-order chi connectivity index (χ1) is 11.5. The van der Waals surface area contributed by atoms with Gasteiger partial charge in [0.2, 0.25) is 0 Å². The van der Waals surface area contributed by atoms with Gasteiger partial charge in [0.1, 0.15) is 5.69 Å². The molecular weight excluding hydrogens is 319 g/mol. The summed E-state index contributed by atoms with van der Waals surface area (Å²) in [6.07, 6.45) is -2.45. The molecule has 0 aliphatic rings. The first kappa shape index (κ1) is 18.7. The Morgan fingerprint density at radius 2 is 1.50 bits per heavy atom. The van der Waals surface area contributed by atoms with E-state index in [1.807, 2.05) is 12.1 Å². The van der Waals surface area contributed by atoms with E-state index in [2.05, 4.69) is 4.98 Å². The lowest BCUT2D eigenvalue weighted by molar-refractivity contribution is -0.141. The summed E-state index contributed by atoms with van der Waals surface area (Å²) in [4.78, 5) is 3.92. The molecule has 2 aromatic rings. The van der Waals surface area contributed by atoms with Gasteiger partial charge in [0, 0.05) is 32.8 Å². The molecule has 0 fully saturated rings. The average molecular weight is 341 g/mol. The number of aryl methyl sites for hydroxylation is 1. The number of para-hydroxylation sites is 1. The topological polar surface area (TPSA) is 31.4 Å². The maximum absolute atomic E-state index is 13.5. The predicted octanol–water partition coefficient (Wildman–Crippen LogP) is 4.41. The van der Waals surface area contributed by atoms with Gasteiger partial charge < -0.3 is 9.47 Å². The van der Waals surface area contributed by atoms with E-state index in [-0.39, 0.29) is 5.56 Å². The van der Waals surface area contributed by atoms with Gasteiger partial charge in [-0.3, -0.25) is 0 Å². The van der Waals surface area contributed by atoms with Crippen LogP contribution in [0.2, 0.25) is 0 Å². The molecule has 2 rings (SSSR count). The Kier molecular flexibility index (Phi) is 6.57. The summed E-state index contributed by atoms with van der Waals surface area (Å²) in [5.41, 5.74) is 0.618. The molecule has 0 aliphatic carbocycles. The van der Waals surface area contributed by atoms with Crippen LogP contribution in [0.25, 0.3) is 10.9 Å². The number of methoxy groups -OCH3 is 2. The quantitative estimate of drug-likeness (QED) is 0.667. The average Bonchev–Trinajstić information content (AvgIpc) is 2.55. The Morgan fingerprint density at radius 1 is 0.917 bits per heavy atom. The minimum atomic E-state index is -4.47. The van der Waals surface area contributed by atoms with Crippen LogP contribution >= 0.6 is 0 Å². The highest BCUT2D eigenvalue weighted by atomic mass is 19.4. The summed E-state index contributed by atoms with van der Waals surface area (Å²) in [5, 5.41) is 0.786. The minimum absolute atomic E-state index is 0.286. The standard InChI is InChI=1S/C18H22F3NO2/c1-23-11-5-8-13-14-7-3-4-10-16(14)22-17(18(19,20)21)15(13)9-6-12-24-2/h3-4,7,10H,5-6,8-9,11-12H2,1-2H3. The Bertz CT molecular complexity index is 671. The predicted molar refractivity (Wildman–Crippen MR) is 87.1 cm³/mol. The third-order valence-electron chi connectivity index (χ3n) is 3.93. The molecule has 1 heterocycles. The summed E-state index contributed by atoms with van der Waals surface area (Å²) in [5.74, 6) is 0. The number of hydrogen-bond acceptors (Lipinski definition) is 3. The van der Waals surface area contributed by atoms with Crippen molar-refractivity contribution < 1.29 is 22.6 Å². The Morgan fingerprint density at radius 3 is 2.08 bits per heavy atom. The van der Waals surface area contributed by atoms with Gasteiger partial charge in [0.25, 0.3) is 0 Å². The van der Waals surface area contributed by atoms with Crippen molar-refractivity contribution >= 4 is 10.9 Å². The fourth-order valence-corrected chi connectivity index (χ4v) is 2.90. The van der Waals surface area contributed by atoms with Crippen LogP contribution in [-0.4, -0.2) is 32.4 Å². The van der Waals surface area contributed by atoms with Crippen molar-refractivity contribution in [3.8, 4) is 0 Å². The van der Waals surface area contributed by atoms with Gasteiger partial charge in [-0.05, 0) is 42.9 Å². The second kappa shape index (κ2) is 8.44. The van der Waals surface area contributed by atoms with Gasteiger partial charge in [-0.1, -0.05) is 18.2 Å². The third kappa shape index (κ3) is 4.45. The molecule has 0 saturated heterocycles. The van der Waals surface area contributed by atoms with Gasteiger partial charge in [0.05, 0.1) is 5.52 Å². The van der Waals surface area contributed by atoms with Gasteiger partial charge in [-0.2, -0.15) is 13.2 Å². The first-order valence-corrected chi connectivity index (χ1v) is 7.94. The van der Waals surface area contributed by atoms with Crippen molar-refractivity contribution in [1.82, 2.24) is 4.98 Å². The van der Waals surface area contributed by atoms with E-state index in [1.165, 1.54) is 0 Å². The number of alkyl halides is 3. The van der Waals surface area contributed by atoms with E-state index in [1.54, 1.807) is 26.4 Å². The van der Waals surface area contributed by atoms with E-state index < -0.39 is 11.9 Å². The minimum Gasteiger partial charge on any atom is -0.385 e. The zero-order chi connectivity index (χ0) is 17.6. The second-order valence-electron chi connectivity index (χ2n) is 5.63. The lowest BCUT2D eigenvalue weighted by atomic mass is 9.93. The maximum Gasteiger partial charge on any atom is 0.433 e. The van der Waals surface area contributed by atoms with Crippen molar-refractivity contribution in [1.29, 1.82) is 0 Å². The fourth-order valence-electron chi connectivity index (χ4n) is 2.90. The molecule has 6 heteroatoms. The van der Waals surface area contributed by atoms with E-state index in [0.29, 0.717) is 44.4 Å². The van der Waals surface area contributed by atoms with E-state index in [9.17, 15) is 13.2 Å². The molecule has 0 amide bonds. The Labute approximate surface area is 139 Å². The van der Waals surface area contributed by atoms with Crippen molar-refractivity contribution in [2.45, 2.75) is 31.9 Å². The number of nitrogens with zero attached hydrogens (tertiary/aromatic N) is 1.